The number of hydrogen-bond donors (Lipinski definition) is 1. The molecular formula is C30H31F3N4O2. The highest BCUT2D eigenvalue weighted by Crippen LogP contribution is 2.32. The topological polar surface area (TPSA) is 58.9 Å². The third-order valence-electron chi connectivity index (χ3n) is 7.34. The fourth-order valence-corrected chi connectivity index (χ4v) is 5.22. The van der Waals surface area contributed by atoms with Crippen LogP contribution in [-0.2, 0) is 13.0 Å². The van der Waals surface area contributed by atoms with Gasteiger partial charge >= 0.3 is 6.36 Å². The standard InChI is InChI=1S/C30H31F3N4O2/c1-3-21-12-17-37-27(18-21)28(20(2)35-37)29(38)34-19-22-4-8-25(9-5-22)36-15-13-24(14-16-36)23-6-10-26(11-7-23)39-30(31,32)33/h4-12,17-18,24H,3,13-16,19H2,1-2H3,(H,34,38). The number of alkyl halides is 3. The maximum Gasteiger partial charge on any atom is 0.573 e. The van der Waals surface area contributed by atoms with Gasteiger partial charge in [-0.25, -0.2) is 4.52 Å². The van der Waals surface area contributed by atoms with Gasteiger partial charge in [0, 0.05) is 31.5 Å². The quantitative estimate of drug-likeness (QED) is 0.296. The Hall–Kier alpha value is -4.01. The van der Waals surface area contributed by atoms with Crippen molar-refractivity contribution < 1.29 is 22.7 Å². The molecule has 0 bridgehead atoms. The van der Waals surface area contributed by atoms with E-state index in [1.54, 1.807) is 16.6 Å². The van der Waals surface area contributed by atoms with Crippen LogP contribution >= 0.6 is 0 Å². The minimum atomic E-state index is -4.68. The average molecular weight is 537 g/mol. The van der Waals surface area contributed by atoms with E-state index >= 15 is 0 Å². The molecule has 0 spiro atoms. The average Bonchev–Trinajstić information content (AvgIpc) is 3.26. The second kappa shape index (κ2) is 11.0. The van der Waals surface area contributed by atoms with Gasteiger partial charge in [0.1, 0.15) is 5.75 Å². The lowest BCUT2D eigenvalue weighted by Crippen LogP contribution is -2.32. The zero-order valence-electron chi connectivity index (χ0n) is 22.0. The number of pyridine rings is 1. The molecule has 1 fully saturated rings. The molecule has 1 amide bonds. The molecule has 0 radical (unpaired) electrons. The fraction of sp³-hybridized carbons (Fsp3) is 0.333. The first kappa shape index (κ1) is 26.6. The van der Waals surface area contributed by atoms with Gasteiger partial charge in [-0.15, -0.1) is 13.2 Å². The molecule has 1 aliphatic heterocycles. The molecule has 4 aromatic rings. The van der Waals surface area contributed by atoms with Crippen molar-refractivity contribution in [1.29, 1.82) is 0 Å². The van der Waals surface area contributed by atoms with Crippen molar-refractivity contribution in [2.45, 2.75) is 51.9 Å². The predicted molar refractivity (Wildman–Crippen MR) is 144 cm³/mol. The van der Waals surface area contributed by atoms with Crippen LogP contribution in [0.5, 0.6) is 5.75 Å². The van der Waals surface area contributed by atoms with Crippen molar-refractivity contribution >= 4 is 17.1 Å². The number of carbonyl (C=O) groups is 1. The number of halogens is 3. The summed E-state index contributed by atoms with van der Waals surface area (Å²) < 4.78 is 42.9. The molecular weight excluding hydrogens is 505 g/mol. The third kappa shape index (κ3) is 6.19. The van der Waals surface area contributed by atoms with Crippen LogP contribution in [0.4, 0.5) is 18.9 Å². The number of anilines is 1. The molecule has 1 aliphatic rings. The van der Waals surface area contributed by atoms with Gasteiger partial charge in [-0.2, -0.15) is 5.10 Å². The number of nitrogens with one attached hydrogen (secondary N) is 1. The zero-order chi connectivity index (χ0) is 27.6. The molecule has 3 heterocycles. The van der Waals surface area contributed by atoms with Gasteiger partial charge in [0.05, 0.1) is 16.8 Å². The third-order valence-corrected chi connectivity index (χ3v) is 7.34. The van der Waals surface area contributed by atoms with Crippen molar-refractivity contribution in [2.24, 2.45) is 0 Å². The summed E-state index contributed by atoms with van der Waals surface area (Å²) in [5.41, 5.74) is 6.42. The van der Waals surface area contributed by atoms with Crippen LogP contribution in [0, 0.1) is 6.92 Å². The lowest BCUT2D eigenvalue weighted by atomic mass is 9.89. The number of piperidine rings is 1. The second-order valence-electron chi connectivity index (χ2n) is 9.91. The Kier molecular flexibility index (Phi) is 7.50. The Bertz CT molecular complexity index is 1440. The highest BCUT2D eigenvalue weighted by atomic mass is 19.4. The van der Waals surface area contributed by atoms with E-state index in [4.69, 9.17) is 0 Å². The first-order valence-corrected chi connectivity index (χ1v) is 13.2. The Balaban J connectivity index is 1.15. The molecule has 5 rings (SSSR count). The molecule has 1 N–H and O–H groups in total. The second-order valence-corrected chi connectivity index (χ2v) is 9.91. The summed E-state index contributed by atoms with van der Waals surface area (Å²) in [6, 6.07) is 18.4. The highest BCUT2D eigenvalue weighted by molar-refractivity contribution is 6.02. The van der Waals surface area contributed by atoms with Crippen molar-refractivity contribution in [3.8, 4) is 5.75 Å². The molecule has 0 aliphatic carbocycles. The van der Waals surface area contributed by atoms with E-state index in [1.165, 1.54) is 12.1 Å². The molecule has 0 saturated carbocycles. The van der Waals surface area contributed by atoms with Crippen LogP contribution in [0.1, 0.15) is 58.4 Å². The van der Waals surface area contributed by atoms with Crippen molar-refractivity contribution in [1.82, 2.24) is 14.9 Å². The number of aryl methyl sites for hydroxylation is 2. The summed E-state index contributed by atoms with van der Waals surface area (Å²) in [7, 11) is 0. The van der Waals surface area contributed by atoms with Crippen molar-refractivity contribution in [2.75, 3.05) is 18.0 Å². The maximum atomic E-state index is 13.0. The number of rotatable bonds is 7. The largest absolute Gasteiger partial charge is 0.573 e. The molecule has 2 aromatic heterocycles. The normalized spacial score (nSPS) is 14.5. The van der Waals surface area contributed by atoms with Crippen LogP contribution in [0.25, 0.3) is 5.52 Å². The number of amides is 1. The predicted octanol–water partition coefficient (Wildman–Crippen LogP) is 6.42. The van der Waals surface area contributed by atoms with Crippen LogP contribution in [0.15, 0.2) is 66.9 Å². The highest BCUT2D eigenvalue weighted by Gasteiger charge is 2.31. The molecule has 2 aromatic carbocycles. The van der Waals surface area contributed by atoms with Crippen LogP contribution in [0.2, 0.25) is 0 Å². The molecule has 9 heteroatoms. The molecule has 204 valence electrons. The number of fused-ring (bicyclic) bond motifs is 1. The minimum absolute atomic E-state index is 0.139. The number of carbonyl (C=O) groups excluding carboxylic acids is 1. The van der Waals surface area contributed by atoms with E-state index in [0.29, 0.717) is 23.7 Å². The van der Waals surface area contributed by atoms with E-state index in [9.17, 15) is 18.0 Å². The summed E-state index contributed by atoms with van der Waals surface area (Å²) in [5.74, 6) is -0.0354. The molecule has 0 unspecified atom stereocenters. The van der Waals surface area contributed by atoms with Crippen LogP contribution < -0.4 is 15.0 Å². The van der Waals surface area contributed by atoms with Crippen LogP contribution in [-0.4, -0.2) is 35.0 Å². The molecule has 1 saturated heterocycles. The van der Waals surface area contributed by atoms with Gasteiger partial charge in [0.25, 0.3) is 5.91 Å². The Morgan fingerprint density at radius 1 is 1.03 bits per heavy atom. The lowest BCUT2D eigenvalue weighted by molar-refractivity contribution is -0.274. The Morgan fingerprint density at radius 2 is 1.72 bits per heavy atom. The van der Waals surface area contributed by atoms with E-state index in [2.05, 4.69) is 39.1 Å². The van der Waals surface area contributed by atoms with E-state index in [1.807, 2.05) is 37.4 Å². The van der Waals surface area contributed by atoms with Crippen molar-refractivity contribution in [3.05, 3.63) is 94.8 Å². The number of aromatic nitrogens is 2. The summed E-state index contributed by atoms with van der Waals surface area (Å²) >= 11 is 0. The summed E-state index contributed by atoms with van der Waals surface area (Å²) in [6.45, 7) is 6.06. The summed E-state index contributed by atoms with van der Waals surface area (Å²) in [4.78, 5) is 15.3. The minimum Gasteiger partial charge on any atom is -0.406 e. The maximum absolute atomic E-state index is 13.0. The first-order valence-electron chi connectivity index (χ1n) is 13.2. The number of ether oxygens (including phenoxy) is 1. The van der Waals surface area contributed by atoms with Gasteiger partial charge in [0.2, 0.25) is 0 Å². The van der Waals surface area contributed by atoms with Gasteiger partial charge in [-0.3, -0.25) is 4.79 Å². The van der Waals surface area contributed by atoms with Gasteiger partial charge in [0.15, 0.2) is 0 Å². The summed E-state index contributed by atoms with van der Waals surface area (Å²) in [5, 5.41) is 7.51. The fourth-order valence-electron chi connectivity index (χ4n) is 5.22. The number of hydrogen-bond acceptors (Lipinski definition) is 4. The van der Waals surface area contributed by atoms with E-state index < -0.39 is 6.36 Å². The monoisotopic (exact) mass is 536 g/mol. The Morgan fingerprint density at radius 3 is 2.36 bits per heavy atom. The number of benzene rings is 2. The number of nitrogens with zero attached hydrogens (tertiary/aromatic N) is 3. The van der Waals surface area contributed by atoms with Crippen LogP contribution in [0.3, 0.4) is 0 Å². The first-order chi connectivity index (χ1) is 18.7. The van der Waals surface area contributed by atoms with E-state index in [0.717, 1.165) is 60.2 Å². The lowest BCUT2D eigenvalue weighted by Gasteiger charge is -2.34. The van der Waals surface area contributed by atoms with Gasteiger partial charge in [-0.05, 0) is 85.2 Å². The SMILES string of the molecule is CCc1ccn2nc(C)c(C(=O)NCc3ccc(N4CCC(c5ccc(OC(F)(F)F)cc5)CC4)cc3)c2c1. The molecule has 0 atom stereocenters. The molecule has 6 nitrogen and oxygen atoms in total. The van der Waals surface area contributed by atoms with E-state index in [-0.39, 0.29) is 11.7 Å². The molecule has 39 heavy (non-hydrogen) atoms. The van der Waals surface area contributed by atoms with Gasteiger partial charge < -0.3 is 15.0 Å². The smallest absolute Gasteiger partial charge is 0.406 e. The summed E-state index contributed by atoms with van der Waals surface area (Å²) in [6.07, 6.45) is -0.0740. The van der Waals surface area contributed by atoms with Crippen molar-refractivity contribution in [3.63, 3.8) is 0 Å². The van der Waals surface area contributed by atoms with Gasteiger partial charge in [-0.1, -0.05) is 31.2 Å². The Labute approximate surface area is 225 Å². The zero-order valence-corrected chi connectivity index (χ0v) is 22.0.